The van der Waals surface area contributed by atoms with Gasteiger partial charge < -0.3 is 9.16 Å². The van der Waals surface area contributed by atoms with Crippen LogP contribution in [0.5, 0.6) is 0 Å². The Hall–Kier alpha value is -1.94. The minimum absolute atomic E-state index is 0.0206. The largest absolute Gasteiger partial charge is 0.404 e. The lowest BCUT2D eigenvalue weighted by Gasteiger charge is -2.53. The number of hydrogen-bond donors (Lipinski definition) is 0. The first-order chi connectivity index (χ1) is 19.0. The van der Waals surface area contributed by atoms with Gasteiger partial charge >= 0.3 is 0 Å². The van der Waals surface area contributed by atoms with Crippen LogP contribution >= 0.6 is 0 Å². The van der Waals surface area contributed by atoms with Crippen LogP contribution in [-0.2, 0) is 9.16 Å². The molecular formula is C37H52O2Si. The van der Waals surface area contributed by atoms with Crippen molar-refractivity contribution in [1.82, 2.24) is 0 Å². The normalized spacial score (nSPS) is 33.4. The average Bonchev–Trinajstić information content (AvgIpc) is 3.62. The number of rotatable bonds is 9. The molecule has 2 aromatic rings. The van der Waals surface area contributed by atoms with E-state index in [-0.39, 0.29) is 16.7 Å². The molecule has 3 heteroatoms. The molecule has 2 aliphatic carbocycles. The molecule has 40 heavy (non-hydrogen) atoms. The molecule has 0 unspecified atom stereocenters. The molecule has 1 heterocycles. The Bertz CT molecular complexity index is 1130. The Morgan fingerprint density at radius 3 is 1.95 bits per heavy atom. The lowest BCUT2D eigenvalue weighted by molar-refractivity contribution is -0.0362. The van der Waals surface area contributed by atoms with Crippen molar-refractivity contribution in [2.45, 2.75) is 90.6 Å². The molecule has 1 saturated heterocycles. The lowest BCUT2D eigenvalue weighted by Crippen LogP contribution is -2.68. The first-order valence-electron chi connectivity index (χ1n) is 15.7. The monoisotopic (exact) mass is 556 g/mol. The third-order valence-corrected chi connectivity index (χ3v) is 16.0. The maximum Gasteiger partial charge on any atom is 0.261 e. The average molecular weight is 557 g/mol. The summed E-state index contributed by atoms with van der Waals surface area (Å²) in [5.41, 5.74) is 0.0206. The molecule has 0 bridgehead atoms. The Labute approximate surface area is 245 Å². The second-order valence-corrected chi connectivity index (χ2v) is 18.9. The Kier molecular flexibility index (Phi) is 8.16. The van der Waals surface area contributed by atoms with Crippen molar-refractivity contribution in [2.75, 3.05) is 0 Å². The predicted octanol–water partition coefficient (Wildman–Crippen LogP) is 8.03. The van der Waals surface area contributed by atoms with Gasteiger partial charge in [0.1, 0.15) is 0 Å². The number of hydrogen-bond acceptors (Lipinski definition) is 2. The van der Waals surface area contributed by atoms with E-state index in [1.807, 2.05) is 0 Å². The molecule has 2 nitrogen and oxygen atoms in total. The third kappa shape index (κ3) is 5.01. The Morgan fingerprint density at radius 2 is 1.48 bits per heavy atom. The molecule has 0 radical (unpaired) electrons. The minimum atomic E-state index is -2.65. The van der Waals surface area contributed by atoms with Crippen LogP contribution < -0.4 is 10.4 Å². The predicted molar refractivity (Wildman–Crippen MR) is 171 cm³/mol. The number of fused-ring (bicyclic) bond motifs is 3. The van der Waals surface area contributed by atoms with Gasteiger partial charge in [-0.05, 0) is 83.0 Å². The summed E-state index contributed by atoms with van der Waals surface area (Å²) in [7, 11) is -2.65. The topological polar surface area (TPSA) is 21.8 Å². The third-order valence-electron chi connectivity index (χ3n) is 10.9. The van der Waals surface area contributed by atoms with E-state index >= 15 is 0 Å². The molecule has 0 spiro atoms. The highest BCUT2D eigenvalue weighted by Gasteiger charge is 2.67. The van der Waals surface area contributed by atoms with Crippen LogP contribution in [0.15, 0.2) is 86.0 Å². The van der Waals surface area contributed by atoms with Gasteiger partial charge in [-0.1, -0.05) is 114 Å². The summed E-state index contributed by atoms with van der Waals surface area (Å²) in [6.07, 6.45) is 8.31. The minimum Gasteiger partial charge on any atom is -0.404 e. The molecule has 2 saturated carbocycles. The van der Waals surface area contributed by atoms with E-state index in [0.29, 0.717) is 47.5 Å². The first-order valence-corrected chi connectivity index (χ1v) is 17.6. The molecule has 3 aliphatic rings. The van der Waals surface area contributed by atoms with Crippen LogP contribution in [0.25, 0.3) is 0 Å². The summed E-state index contributed by atoms with van der Waals surface area (Å²) in [6.45, 7) is 25.3. The summed E-state index contributed by atoms with van der Waals surface area (Å²) >= 11 is 0. The smallest absolute Gasteiger partial charge is 0.261 e. The van der Waals surface area contributed by atoms with Crippen molar-refractivity contribution in [3.8, 4) is 0 Å². The van der Waals surface area contributed by atoms with Gasteiger partial charge in [0, 0.05) is 6.10 Å². The van der Waals surface area contributed by atoms with Gasteiger partial charge in [0.05, 0.1) is 11.7 Å². The SMILES string of the molecule is C=C[C@@H](C)[C@@H]1C[C@@H](O[Si](c2ccccc2)(c2ccccc2)C(C)(C)C)C[C@@H]2[C@H]([C@H](C=C)C(C)C)C[C@@]3(C)O[C@H]3[C@@H]21. The highest BCUT2D eigenvalue weighted by Crippen LogP contribution is 2.63. The van der Waals surface area contributed by atoms with Gasteiger partial charge in [-0.25, -0.2) is 0 Å². The zero-order valence-corrected chi connectivity index (χ0v) is 27.0. The zero-order valence-electron chi connectivity index (χ0n) is 26.0. The van der Waals surface area contributed by atoms with Crippen molar-refractivity contribution in [3.05, 3.63) is 86.0 Å². The van der Waals surface area contributed by atoms with Crippen LogP contribution in [-0.4, -0.2) is 26.1 Å². The first kappa shape index (κ1) is 29.5. The second kappa shape index (κ2) is 11.0. The van der Waals surface area contributed by atoms with Gasteiger partial charge in [0.2, 0.25) is 0 Å². The fourth-order valence-corrected chi connectivity index (χ4v) is 13.6. The van der Waals surface area contributed by atoms with E-state index in [1.54, 1.807) is 0 Å². The summed E-state index contributed by atoms with van der Waals surface area (Å²) in [5.74, 6) is 3.66. The van der Waals surface area contributed by atoms with Gasteiger partial charge in [-0.2, -0.15) is 0 Å². The van der Waals surface area contributed by atoms with Crippen LogP contribution in [0.2, 0.25) is 5.04 Å². The van der Waals surface area contributed by atoms with Gasteiger partial charge in [-0.15, -0.1) is 13.2 Å². The highest BCUT2D eigenvalue weighted by molar-refractivity contribution is 6.99. The fraction of sp³-hybridized carbons (Fsp3) is 0.568. The van der Waals surface area contributed by atoms with Crippen LogP contribution in [0.3, 0.4) is 0 Å². The molecule has 0 amide bonds. The molecule has 1 aliphatic heterocycles. The van der Waals surface area contributed by atoms with Crippen molar-refractivity contribution in [3.63, 3.8) is 0 Å². The van der Waals surface area contributed by atoms with Crippen LogP contribution in [0.1, 0.15) is 67.7 Å². The zero-order chi connectivity index (χ0) is 28.9. The number of benzene rings is 2. The highest BCUT2D eigenvalue weighted by atomic mass is 28.4. The molecule has 0 N–H and O–H groups in total. The number of ether oxygens (including phenoxy) is 1. The van der Waals surface area contributed by atoms with Crippen molar-refractivity contribution in [1.29, 1.82) is 0 Å². The fourth-order valence-electron chi connectivity index (χ4n) is 8.91. The van der Waals surface area contributed by atoms with Gasteiger partial charge in [-0.3, -0.25) is 0 Å². The molecule has 9 atom stereocenters. The second-order valence-electron chi connectivity index (χ2n) is 14.7. The van der Waals surface area contributed by atoms with Gasteiger partial charge in [0.25, 0.3) is 8.32 Å². The summed E-state index contributed by atoms with van der Waals surface area (Å²) < 4.78 is 14.4. The van der Waals surface area contributed by atoms with Gasteiger partial charge in [0.15, 0.2) is 0 Å². The number of epoxide rings is 1. The summed E-state index contributed by atoms with van der Waals surface area (Å²) in [6, 6.07) is 22.3. The van der Waals surface area contributed by atoms with Crippen LogP contribution in [0, 0.1) is 41.4 Å². The molecule has 3 fully saturated rings. The van der Waals surface area contributed by atoms with Crippen molar-refractivity contribution < 1.29 is 9.16 Å². The summed E-state index contributed by atoms with van der Waals surface area (Å²) in [5, 5.41) is 2.71. The molecule has 5 rings (SSSR count). The maximum atomic E-state index is 7.82. The van der Waals surface area contributed by atoms with Crippen molar-refractivity contribution >= 4 is 18.7 Å². The van der Waals surface area contributed by atoms with E-state index in [1.165, 1.54) is 10.4 Å². The van der Waals surface area contributed by atoms with E-state index in [2.05, 4.69) is 134 Å². The Morgan fingerprint density at radius 1 is 0.900 bits per heavy atom. The molecule has 2 aromatic carbocycles. The van der Waals surface area contributed by atoms with E-state index in [0.717, 1.165) is 19.3 Å². The molecule has 216 valence electrons. The molecular weight excluding hydrogens is 504 g/mol. The van der Waals surface area contributed by atoms with E-state index in [4.69, 9.17) is 9.16 Å². The number of allylic oxidation sites excluding steroid dienone is 2. The van der Waals surface area contributed by atoms with Crippen molar-refractivity contribution in [2.24, 2.45) is 41.4 Å². The quantitative estimate of drug-likeness (QED) is 0.177. The van der Waals surface area contributed by atoms with E-state index < -0.39 is 8.32 Å². The molecule has 0 aromatic heterocycles. The maximum absolute atomic E-state index is 7.82. The summed E-state index contributed by atoms with van der Waals surface area (Å²) in [4.78, 5) is 0. The Balaban J connectivity index is 1.60. The standard InChI is InChI=1S/C37H52O2Si/c1-10-26(5)31-22-27(23-32-33(30(11-2)25(3)4)24-37(9)35(38-37)34(31)32)39-40(36(6,7)8,28-18-14-12-15-19-28)29-20-16-13-17-21-29/h10-21,25-27,30-35H,1-2,22-24H2,3-9H3/t26-,27-,30-,31+,32-,33+,34-,35+,37-/m1/s1. The lowest BCUT2D eigenvalue weighted by atomic mass is 9.53. The van der Waals surface area contributed by atoms with E-state index in [9.17, 15) is 0 Å². The van der Waals surface area contributed by atoms with Crippen LogP contribution in [0.4, 0.5) is 0 Å².